The summed E-state index contributed by atoms with van der Waals surface area (Å²) in [7, 11) is 0. The lowest BCUT2D eigenvalue weighted by Crippen LogP contribution is -2.23. The molecular weight excluding hydrogens is 198 g/mol. The molecule has 0 fully saturated rings. The van der Waals surface area contributed by atoms with Gasteiger partial charge in [-0.1, -0.05) is 0 Å². The maximum atomic E-state index is 11.0. The van der Waals surface area contributed by atoms with Gasteiger partial charge < -0.3 is 14.7 Å². The average Bonchev–Trinajstić information content (AvgIpc) is 2.66. The Balaban J connectivity index is 2.41. The SMILES string of the molecule is O=C(O)c1ccc(-c2ccc[n+]([O-])c2)o1. The lowest BCUT2D eigenvalue weighted by molar-refractivity contribution is -0.604. The highest BCUT2D eigenvalue weighted by molar-refractivity contribution is 5.85. The van der Waals surface area contributed by atoms with Gasteiger partial charge in [0.25, 0.3) is 0 Å². The molecular formula is C10H7NO4. The number of carbonyl (C=O) groups is 1. The van der Waals surface area contributed by atoms with E-state index in [1.165, 1.54) is 24.5 Å². The van der Waals surface area contributed by atoms with Crippen molar-refractivity contribution >= 4 is 5.97 Å². The van der Waals surface area contributed by atoms with Gasteiger partial charge in [0.2, 0.25) is 5.76 Å². The molecule has 2 aromatic rings. The van der Waals surface area contributed by atoms with E-state index in [0.29, 0.717) is 16.1 Å². The Bertz CT molecular complexity index is 504. The van der Waals surface area contributed by atoms with Crippen LogP contribution in [0.3, 0.4) is 0 Å². The molecule has 2 heterocycles. The second-order valence-electron chi connectivity index (χ2n) is 2.92. The fourth-order valence-corrected chi connectivity index (χ4v) is 1.21. The van der Waals surface area contributed by atoms with Crippen molar-refractivity contribution in [1.29, 1.82) is 0 Å². The van der Waals surface area contributed by atoms with E-state index in [9.17, 15) is 10.0 Å². The van der Waals surface area contributed by atoms with Crippen molar-refractivity contribution in [3.63, 3.8) is 0 Å². The minimum absolute atomic E-state index is 0.147. The van der Waals surface area contributed by atoms with E-state index in [1.54, 1.807) is 12.1 Å². The molecule has 76 valence electrons. The molecule has 5 nitrogen and oxygen atoms in total. The highest BCUT2D eigenvalue weighted by Gasteiger charge is 2.11. The summed E-state index contributed by atoms with van der Waals surface area (Å²) in [6.07, 6.45) is 2.65. The Morgan fingerprint density at radius 3 is 2.80 bits per heavy atom. The molecule has 15 heavy (non-hydrogen) atoms. The maximum absolute atomic E-state index is 11.0. The molecule has 0 saturated carbocycles. The standard InChI is InChI=1S/C10H7NO4/c12-10(13)9-4-3-8(15-9)7-2-1-5-11(14)6-7/h1-6H,(H,12,13). The zero-order valence-corrected chi connectivity index (χ0v) is 7.58. The zero-order chi connectivity index (χ0) is 10.8. The number of carboxylic acid groups (broad SMARTS) is 1. The van der Waals surface area contributed by atoms with Gasteiger partial charge in [-0.3, -0.25) is 0 Å². The first-order valence-corrected chi connectivity index (χ1v) is 4.19. The minimum Gasteiger partial charge on any atom is -0.619 e. The summed E-state index contributed by atoms with van der Waals surface area (Å²) in [4.78, 5) is 10.6. The van der Waals surface area contributed by atoms with E-state index in [-0.39, 0.29) is 5.76 Å². The molecule has 0 aromatic carbocycles. The molecule has 5 heteroatoms. The van der Waals surface area contributed by atoms with E-state index < -0.39 is 5.97 Å². The van der Waals surface area contributed by atoms with E-state index >= 15 is 0 Å². The monoisotopic (exact) mass is 205 g/mol. The summed E-state index contributed by atoms with van der Waals surface area (Å²) >= 11 is 0. The molecule has 0 amide bonds. The first-order valence-electron chi connectivity index (χ1n) is 4.19. The Morgan fingerprint density at radius 2 is 2.20 bits per heavy atom. The Hall–Kier alpha value is -2.30. The molecule has 0 aliphatic rings. The van der Waals surface area contributed by atoms with Crippen LogP contribution in [0.15, 0.2) is 41.1 Å². The molecule has 0 aliphatic carbocycles. The smallest absolute Gasteiger partial charge is 0.371 e. The Labute approximate surface area is 84.8 Å². The summed E-state index contributed by atoms with van der Waals surface area (Å²) in [6.45, 7) is 0. The van der Waals surface area contributed by atoms with Crippen molar-refractivity contribution in [2.75, 3.05) is 0 Å². The minimum atomic E-state index is -1.13. The fraction of sp³-hybridized carbons (Fsp3) is 0. The van der Waals surface area contributed by atoms with Crippen LogP contribution in [0.2, 0.25) is 0 Å². The lowest BCUT2D eigenvalue weighted by atomic mass is 10.2. The number of furan rings is 1. The molecule has 2 aromatic heterocycles. The summed E-state index contributed by atoms with van der Waals surface area (Å²) in [5, 5.41) is 19.6. The van der Waals surface area contributed by atoms with Gasteiger partial charge in [0.15, 0.2) is 12.4 Å². The number of carboxylic acids is 1. The number of aromatic carboxylic acids is 1. The van der Waals surface area contributed by atoms with E-state index in [2.05, 4.69) is 0 Å². The van der Waals surface area contributed by atoms with Crippen molar-refractivity contribution in [1.82, 2.24) is 0 Å². The predicted molar refractivity (Wildman–Crippen MR) is 50.1 cm³/mol. The van der Waals surface area contributed by atoms with Crippen LogP contribution in [0.25, 0.3) is 11.3 Å². The van der Waals surface area contributed by atoms with Crippen LogP contribution >= 0.6 is 0 Å². The molecule has 0 bridgehead atoms. The normalized spacial score (nSPS) is 10.1. The van der Waals surface area contributed by atoms with E-state index in [4.69, 9.17) is 9.52 Å². The topological polar surface area (TPSA) is 77.4 Å². The summed E-state index contributed by atoms with van der Waals surface area (Å²) in [5.74, 6) is -0.920. The van der Waals surface area contributed by atoms with Crippen LogP contribution in [-0.4, -0.2) is 11.1 Å². The molecule has 0 atom stereocenters. The van der Waals surface area contributed by atoms with Crippen LogP contribution in [0.4, 0.5) is 0 Å². The van der Waals surface area contributed by atoms with E-state index in [0.717, 1.165) is 0 Å². The first-order chi connectivity index (χ1) is 7.16. The van der Waals surface area contributed by atoms with Crippen molar-refractivity contribution in [3.8, 4) is 11.3 Å². The van der Waals surface area contributed by atoms with Gasteiger partial charge in [0.1, 0.15) is 5.76 Å². The zero-order valence-electron chi connectivity index (χ0n) is 7.58. The number of pyridine rings is 1. The van der Waals surface area contributed by atoms with Crippen molar-refractivity contribution in [2.45, 2.75) is 0 Å². The molecule has 2 rings (SSSR count). The van der Waals surface area contributed by atoms with Gasteiger partial charge in [-0.2, -0.15) is 4.73 Å². The number of nitrogens with zero attached hydrogens (tertiary/aromatic N) is 1. The average molecular weight is 205 g/mol. The van der Waals surface area contributed by atoms with Crippen LogP contribution in [-0.2, 0) is 0 Å². The highest BCUT2D eigenvalue weighted by Crippen LogP contribution is 2.20. The van der Waals surface area contributed by atoms with E-state index in [1.807, 2.05) is 0 Å². The van der Waals surface area contributed by atoms with Crippen molar-refractivity contribution in [2.24, 2.45) is 0 Å². The summed E-state index contributed by atoms with van der Waals surface area (Å²) in [5.41, 5.74) is 0.542. The van der Waals surface area contributed by atoms with Crippen molar-refractivity contribution < 1.29 is 19.0 Å². The number of hydrogen-bond acceptors (Lipinski definition) is 3. The lowest BCUT2D eigenvalue weighted by Gasteiger charge is -1.97. The van der Waals surface area contributed by atoms with Gasteiger partial charge >= 0.3 is 5.97 Å². The second-order valence-corrected chi connectivity index (χ2v) is 2.92. The number of aromatic nitrogens is 1. The molecule has 0 unspecified atom stereocenters. The molecule has 0 saturated heterocycles. The van der Waals surface area contributed by atoms with Crippen molar-refractivity contribution in [3.05, 3.63) is 47.6 Å². The fourth-order valence-electron chi connectivity index (χ4n) is 1.21. The quantitative estimate of drug-likeness (QED) is 0.591. The van der Waals surface area contributed by atoms with Crippen LogP contribution < -0.4 is 4.73 Å². The van der Waals surface area contributed by atoms with Gasteiger partial charge in [0, 0.05) is 6.07 Å². The third-order valence-electron chi connectivity index (χ3n) is 1.88. The van der Waals surface area contributed by atoms with Gasteiger partial charge in [-0.05, 0) is 18.2 Å². The van der Waals surface area contributed by atoms with Crippen LogP contribution in [0, 0.1) is 5.21 Å². The Morgan fingerprint density at radius 1 is 1.40 bits per heavy atom. The predicted octanol–water partition coefficient (Wildman–Crippen LogP) is 1.28. The van der Waals surface area contributed by atoms with Crippen LogP contribution in [0.1, 0.15) is 10.6 Å². The number of rotatable bonds is 2. The largest absolute Gasteiger partial charge is 0.619 e. The molecule has 1 N–H and O–H groups in total. The second kappa shape index (κ2) is 3.45. The molecule has 0 radical (unpaired) electrons. The molecule has 0 spiro atoms. The van der Waals surface area contributed by atoms with Gasteiger partial charge in [-0.15, -0.1) is 0 Å². The third-order valence-corrected chi connectivity index (χ3v) is 1.88. The van der Waals surface area contributed by atoms with Gasteiger partial charge in [-0.25, -0.2) is 4.79 Å². The third kappa shape index (κ3) is 1.80. The highest BCUT2D eigenvalue weighted by atomic mass is 16.5. The summed E-state index contributed by atoms with van der Waals surface area (Å²) in [6, 6.07) is 6.09. The number of hydrogen-bond donors (Lipinski definition) is 1. The maximum Gasteiger partial charge on any atom is 0.371 e. The Kier molecular flexibility index (Phi) is 2.13. The van der Waals surface area contributed by atoms with Crippen LogP contribution in [0.5, 0.6) is 0 Å². The first kappa shape index (κ1) is 9.26. The summed E-state index contributed by atoms with van der Waals surface area (Å²) < 4.78 is 5.66. The van der Waals surface area contributed by atoms with Gasteiger partial charge in [0.05, 0.1) is 5.56 Å². The molecule has 0 aliphatic heterocycles.